The molecule has 47 heavy (non-hydrogen) atoms. The van der Waals surface area contributed by atoms with Crippen molar-refractivity contribution in [1.82, 2.24) is 0 Å². The van der Waals surface area contributed by atoms with Crippen LogP contribution in [0.2, 0.25) is 0 Å². The minimum atomic E-state index is -1.46. The van der Waals surface area contributed by atoms with Crippen molar-refractivity contribution in [2.75, 3.05) is 0 Å². The van der Waals surface area contributed by atoms with Crippen LogP contribution in [0.5, 0.6) is 11.5 Å². The Morgan fingerprint density at radius 3 is 2.32 bits per heavy atom. The van der Waals surface area contributed by atoms with Gasteiger partial charge in [0.05, 0.1) is 17.3 Å². The number of ether oxygens (including phenoxy) is 2. The third-order valence-electron chi connectivity index (χ3n) is 12.9. The summed E-state index contributed by atoms with van der Waals surface area (Å²) in [5, 5.41) is 46.1. The molecule has 4 N–H and O–H groups in total. The minimum absolute atomic E-state index is 0.0366. The van der Waals surface area contributed by atoms with Gasteiger partial charge in [0.1, 0.15) is 0 Å². The molecule has 1 saturated carbocycles. The lowest BCUT2D eigenvalue weighted by Gasteiger charge is -2.65. The Morgan fingerprint density at radius 1 is 0.957 bits per heavy atom. The lowest BCUT2D eigenvalue weighted by Crippen LogP contribution is -2.73. The molecule has 6 aliphatic rings. The molecule has 1 heterocycles. The third kappa shape index (κ3) is 4.38. The summed E-state index contributed by atoms with van der Waals surface area (Å²) in [6.07, 6.45) is 10.2. The molecule has 0 saturated heterocycles. The highest BCUT2D eigenvalue weighted by atomic mass is 16.6. The number of carbonyl (C=O) groups excluding carboxylic acids is 1. The smallest absolute Gasteiger partial charge is 0.226 e. The summed E-state index contributed by atoms with van der Waals surface area (Å²) in [6, 6.07) is 1.93. The summed E-state index contributed by atoms with van der Waals surface area (Å²) < 4.78 is 14.8. The van der Waals surface area contributed by atoms with Crippen LogP contribution in [0.25, 0.3) is 0 Å². The van der Waals surface area contributed by atoms with Gasteiger partial charge in [-0.05, 0) is 107 Å². The summed E-state index contributed by atoms with van der Waals surface area (Å²) >= 11 is 0. The zero-order valence-corrected chi connectivity index (χ0v) is 29.5. The molecule has 1 aromatic carbocycles. The van der Waals surface area contributed by atoms with Gasteiger partial charge in [0, 0.05) is 33.1 Å². The predicted molar refractivity (Wildman–Crippen MR) is 180 cm³/mol. The zero-order valence-electron chi connectivity index (χ0n) is 29.5. The Bertz CT molecular complexity index is 1700. The average Bonchev–Trinajstić information content (AvgIpc) is 3.08. The number of carbonyl (C=O) groups is 1. The summed E-state index contributed by atoms with van der Waals surface area (Å²) in [6.45, 7) is 17.6. The molecular formula is C40H52O7. The molecule has 1 spiro atoms. The van der Waals surface area contributed by atoms with E-state index in [1.54, 1.807) is 33.8 Å². The summed E-state index contributed by atoms with van der Waals surface area (Å²) in [7, 11) is 0. The van der Waals surface area contributed by atoms with Crippen LogP contribution in [0.4, 0.5) is 0 Å². The standard InChI is InChI=1S/C40H52O7/c1-35(2)13-10-12-21-16-24-23(28(41)20-25(21)35)19-27(38(7,8)45)34-33(24)47-40-29(46-34)18-22-17-26(37(5,6)44)31(42)32(43)30(22)39(40,9)15-11-14-36(40,3)4/h12,17-19,25,28-29,41,43-45H,10-11,13-16,20H2,1-9H3/t25-,28-,29+,39-,40-/m1/s1. The number of rotatable bonds is 2. The molecule has 1 aliphatic heterocycles. The van der Waals surface area contributed by atoms with Gasteiger partial charge < -0.3 is 29.9 Å². The quantitative estimate of drug-likeness (QED) is 0.248. The van der Waals surface area contributed by atoms with Gasteiger partial charge in [0.2, 0.25) is 5.78 Å². The average molecular weight is 645 g/mol. The van der Waals surface area contributed by atoms with Crippen LogP contribution in [0.3, 0.4) is 0 Å². The molecule has 0 amide bonds. The molecule has 254 valence electrons. The lowest BCUT2D eigenvalue weighted by atomic mass is 9.45. The second-order valence-electron chi connectivity index (χ2n) is 17.7. The first kappa shape index (κ1) is 32.7. The number of ketones is 1. The highest BCUT2D eigenvalue weighted by Crippen LogP contribution is 2.68. The monoisotopic (exact) mass is 644 g/mol. The van der Waals surface area contributed by atoms with E-state index < -0.39 is 45.6 Å². The number of fused-ring (bicyclic) bond motifs is 6. The predicted octanol–water partition coefficient (Wildman–Crippen LogP) is 7.38. The topological polar surface area (TPSA) is 116 Å². The Balaban J connectivity index is 1.52. The number of allylic oxidation sites excluding steroid dienone is 5. The van der Waals surface area contributed by atoms with Gasteiger partial charge >= 0.3 is 0 Å². The van der Waals surface area contributed by atoms with Crippen LogP contribution in [-0.4, -0.2) is 43.5 Å². The van der Waals surface area contributed by atoms with E-state index in [4.69, 9.17) is 9.47 Å². The van der Waals surface area contributed by atoms with Gasteiger partial charge in [-0.2, -0.15) is 0 Å². The zero-order chi connectivity index (χ0) is 34.3. The summed E-state index contributed by atoms with van der Waals surface area (Å²) in [5.41, 5.74) is -0.252. The fourth-order valence-electron chi connectivity index (χ4n) is 10.4. The van der Waals surface area contributed by atoms with Crippen LogP contribution in [0, 0.1) is 22.2 Å². The first-order valence-electron chi connectivity index (χ1n) is 17.4. The Labute approximate surface area is 279 Å². The number of Topliss-reactive ketones (excluding diaryl/α,β-unsaturated/α-hetero) is 1. The van der Waals surface area contributed by atoms with E-state index in [0.717, 1.165) is 36.8 Å². The van der Waals surface area contributed by atoms with E-state index in [1.165, 1.54) is 5.57 Å². The SMILES string of the molecule is CC(C)(O)C1=CC2=C[C@@H]3Oc4c(C(C)(C)O)cc5c(c4O[C@@]34C(C)(C)CCC[C@]4(C)C2=C(O)C1=O)CC1=CCCC(C)(C)[C@@H]1C[C@H]5O. The number of hydrogen-bond acceptors (Lipinski definition) is 7. The molecule has 1 fully saturated rings. The normalized spacial score (nSPS) is 34.0. The Hall–Kier alpha value is -2.87. The van der Waals surface area contributed by atoms with Crippen LogP contribution in [0.15, 0.2) is 52.3 Å². The van der Waals surface area contributed by atoms with Crippen LogP contribution < -0.4 is 9.47 Å². The van der Waals surface area contributed by atoms with Crippen molar-refractivity contribution in [3.8, 4) is 11.5 Å². The minimum Gasteiger partial charge on any atom is -0.504 e. The van der Waals surface area contributed by atoms with E-state index in [1.807, 2.05) is 12.1 Å². The van der Waals surface area contributed by atoms with Crippen LogP contribution in [-0.2, 0) is 16.8 Å². The van der Waals surface area contributed by atoms with E-state index in [-0.39, 0.29) is 22.7 Å². The van der Waals surface area contributed by atoms with Crippen LogP contribution >= 0.6 is 0 Å². The molecule has 5 aliphatic carbocycles. The van der Waals surface area contributed by atoms with E-state index in [0.29, 0.717) is 47.5 Å². The van der Waals surface area contributed by atoms with Crippen molar-refractivity contribution in [3.63, 3.8) is 0 Å². The maximum absolute atomic E-state index is 13.7. The number of aliphatic hydroxyl groups is 4. The van der Waals surface area contributed by atoms with Crippen molar-refractivity contribution < 1.29 is 34.7 Å². The van der Waals surface area contributed by atoms with Crippen molar-refractivity contribution in [2.45, 2.75) is 136 Å². The third-order valence-corrected chi connectivity index (χ3v) is 12.9. The molecule has 1 aromatic rings. The number of aliphatic hydroxyl groups excluding tert-OH is 2. The fraction of sp³-hybridized carbons (Fsp3) is 0.625. The first-order chi connectivity index (χ1) is 21.6. The van der Waals surface area contributed by atoms with Gasteiger partial charge in [-0.15, -0.1) is 0 Å². The van der Waals surface area contributed by atoms with Gasteiger partial charge in [-0.25, -0.2) is 0 Å². The maximum Gasteiger partial charge on any atom is 0.226 e. The van der Waals surface area contributed by atoms with Gasteiger partial charge in [0.15, 0.2) is 29.0 Å². The summed E-state index contributed by atoms with van der Waals surface area (Å²) in [4.78, 5) is 13.7. The highest BCUT2D eigenvalue weighted by Gasteiger charge is 2.71. The van der Waals surface area contributed by atoms with Gasteiger partial charge in [0.25, 0.3) is 0 Å². The molecular weight excluding hydrogens is 592 g/mol. The number of hydrogen-bond donors (Lipinski definition) is 4. The molecule has 0 bridgehead atoms. The molecule has 7 rings (SSSR count). The van der Waals surface area contributed by atoms with Crippen LogP contribution in [0.1, 0.15) is 124 Å². The van der Waals surface area contributed by atoms with Gasteiger partial charge in [-0.1, -0.05) is 52.7 Å². The van der Waals surface area contributed by atoms with Crippen molar-refractivity contribution >= 4 is 5.78 Å². The second-order valence-corrected chi connectivity index (χ2v) is 17.7. The largest absolute Gasteiger partial charge is 0.504 e. The molecule has 0 unspecified atom stereocenters. The lowest BCUT2D eigenvalue weighted by molar-refractivity contribution is -0.207. The van der Waals surface area contributed by atoms with Crippen molar-refractivity contribution in [2.24, 2.45) is 22.2 Å². The highest BCUT2D eigenvalue weighted by molar-refractivity contribution is 6.11. The fourth-order valence-corrected chi connectivity index (χ4v) is 10.4. The molecule has 0 aromatic heterocycles. The van der Waals surface area contributed by atoms with Crippen molar-refractivity contribution in [3.05, 3.63) is 69.0 Å². The molecule has 7 heteroatoms. The van der Waals surface area contributed by atoms with E-state index in [9.17, 15) is 25.2 Å². The van der Waals surface area contributed by atoms with E-state index in [2.05, 4.69) is 40.7 Å². The second kappa shape index (κ2) is 9.86. The number of benzene rings is 1. The van der Waals surface area contributed by atoms with Gasteiger partial charge in [-0.3, -0.25) is 4.79 Å². The first-order valence-corrected chi connectivity index (χ1v) is 17.4. The molecule has 5 atom stereocenters. The Morgan fingerprint density at radius 2 is 1.66 bits per heavy atom. The Kier molecular flexibility index (Phi) is 6.85. The van der Waals surface area contributed by atoms with E-state index >= 15 is 0 Å². The van der Waals surface area contributed by atoms with Crippen molar-refractivity contribution in [1.29, 1.82) is 0 Å². The molecule has 7 nitrogen and oxygen atoms in total. The molecule has 0 radical (unpaired) electrons. The maximum atomic E-state index is 13.7. The summed E-state index contributed by atoms with van der Waals surface area (Å²) in [5.74, 6) is 0.315.